The van der Waals surface area contributed by atoms with Crippen LogP contribution in [0.1, 0.15) is 47.5 Å². The number of nitrogens with one attached hydrogen (secondary N) is 1. The van der Waals surface area contributed by atoms with Crippen molar-refractivity contribution in [2.75, 3.05) is 26.2 Å². The molecule has 0 spiro atoms. The maximum absolute atomic E-state index is 13.5. The number of benzene rings is 1. The number of rotatable bonds is 7. The summed E-state index contributed by atoms with van der Waals surface area (Å²) in [6.45, 7) is 7.54. The number of hydrogen-bond donors (Lipinski definition) is 1. The van der Waals surface area contributed by atoms with Crippen molar-refractivity contribution in [3.63, 3.8) is 0 Å². The van der Waals surface area contributed by atoms with E-state index in [0.717, 1.165) is 42.1 Å². The van der Waals surface area contributed by atoms with Gasteiger partial charge in [0.15, 0.2) is 0 Å². The van der Waals surface area contributed by atoms with Crippen LogP contribution in [-0.2, 0) is 12.8 Å². The number of thiazole rings is 1. The van der Waals surface area contributed by atoms with Crippen LogP contribution in [0.4, 0.5) is 8.78 Å². The Balaban J connectivity index is 1.45. The molecule has 1 saturated heterocycles. The van der Waals surface area contributed by atoms with E-state index in [0.29, 0.717) is 5.92 Å². The summed E-state index contributed by atoms with van der Waals surface area (Å²) in [7, 11) is 0. The molecule has 166 valence electrons. The molecule has 2 aliphatic heterocycles. The fourth-order valence-corrected chi connectivity index (χ4v) is 6.51. The molecule has 5 rings (SSSR count). The van der Waals surface area contributed by atoms with Crippen molar-refractivity contribution in [1.29, 1.82) is 0 Å². The van der Waals surface area contributed by atoms with Crippen LogP contribution in [0.15, 0.2) is 30.5 Å². The van der Waals surface area contributed by atoms with E-state index in [1.165, 1.54) is 28.8 Å². The van der Waals surface area contributed by atoms with E-state index in [-0.39, 0.29) is 18.6 Å². The van der Waals surface area contributed by atoms with Gasteiger partial charge in [-0.25, -0.2) is 13.8 Å². The summed E-state index contributed by atoms with van der Waals surface area (Å²) in [6, 6.07) is 8.05. The van der Waals surface area contributed by atoms with Crippen molar-refractivity contribution in [3.05, 3.63) is 51.6 Å². The SMILES string of the molecule is CCCN1CC(Cc2cnc([C@@H]3c4[nH]c5ccccc5c4C[C@@H](C)N3CC(F)F)s2)C1. The van der Waals surface area contributed by atoms with Crippen molar-refractivity contribution in [3.8, 4) is 0 Å². The van der Waals surface area contributed by atoms with E-state index in [1.54, 1.807) is 11.3 Å². The third kappa shape index (κ3) is 4.03. The number of nitrogens with zero attached hydrogens (tertiary/aromatic N) is 3. The summed E-state index contributed by atoms with van der Waals surface area (Å²) in [5, 5.41) is 2.13. The second-order valence-corrected chi connectivity index (χ2v) is 10.2. The van der Waals surface area contributed by atoms with Crippen molar-refractivity contribution < 1.29 is 8.78 Å². The largest absolute Gasteiger partial charge is 0.356 e. The van der Waals surface area contributed by atoms with Gasteiger partial charge in [-0.1, -0.05) is 25.1 Å². The second-order valence-electron chi connectivity index (χ2n) is 9.10. The van der Waals surface area contributed by atoms with Gasteiger partial charge in [0.2, 0.25) is 0 Å². The molecule has 2 aromatic heterocycles. The van der Waals surface area contributed by atoms with Gasteiger partial charge in [-0.15, -0.1) is 11.3 Å². The Hall–Kier alpha value is -1.83. The lowest BCUT2D eigenvalue weighted by molar-refractivity contribution is 0.0456. The van der Waals surface area contributed by atoms with Crippen molar-refractivity contribution in [1.82, 2.24) is 19.8 Å². The van der Waals surface area contributed by atoms with Crippen LogP contribution >= 0.6 is 11.3 Å². The molecule has 1 fully saturated rings. The molecule has 1 aromatic carbocycles. The second kappa shape index (κ2) is 8.60. The Kier molecular flexibility index (Phi) is 5.84. The highest BCUT2D eigenvalue weighted by Gasteiger charge is 2.38. The third-order valence-corrected chi connectivity index (χ3v) is 7.81. The first-order valence-corrected chi connectivity index (χ1v) is 12.2. The first-order chi connectivity index (χ1) is 15.0. The Bertz CT molecular complexity index is 1040. The van der Waals surface area contributed by atoms with E-state index in [4.69, 9.17) is 4.98 Å². The number of hydrogen-bond acceptors (Lipinski definition) is 4. The maximum atomic E-state index is 13.5. The molecule has 0 bridgehead atoms. The number of aromatic amines is 1. The van der Waals surface area contributed by atoms with Crippen LogP contribution in [0.5, 0.6) is 0 Å². The summed E-state index contributed by atoms with van der Waals surface area (Å²) < 4.78 is 27.0. The van der Waals surface area contributed by atoms with E-state index in [9.17, 15) is 8.78 Å². The monoisotopic (exact) mass is 444 g/mol. The van der Waals surface area contributed by atoms with Gasteiger partial charge in [-0.2, -0.15) is 0 Å². The Morgan fingerprint density at radius 1 is 1.26 bits per heavy atom. The van der Waals surface area contributed by atoms with E-state index in [2.05, 4.69) is 35.9 Å². The third-order valence-electron chi connectivity index (χ3n) is 6.73. The van der Waals surface area contributed by atoms with Crippen molar-refractivity contribution in [2.45, 2.75) is 51.6 Å². The first kappa shape index (κ1) is 21.0. The summed E-state index contributed by atoms with van der Waals surface area (Å²) in [4.78, 5) is 14.0. The fourth-order valence-electron chi connectivity index (χ4n) is 5.35. The quantitative estimate of drug-likeness (QED) is 0.550. The molecule has 4 heterocycles. The van der Waals surface area contributed by atoms with Crippen LogP contribution in [0.25, 0.3) is 10.9 Å². The number of fused-ring (bicyclic) bond motifs is 3. The van der Waals surface area contributed by atoms with Gasteiger partial charge >= 0.3 is 0 Å². The zero-order valence-electron chi connectivity index (χ0n) is 18.2. The lowest BCUT2D eigenvalue weighted by Crippen LogP contribution is -2.47. The average Bonchev–Trinajstić information content (AvgIpc) is 3.31. The topological polar surface area (TPSA) is 35.2 Å². The average molecular weight is 445 g/mol. The molecule has 0 radical (unpaired) electrons. The molecule has 0 unspecified atom stereocenters. The number of likely N-dealkylation sites (tertiary alicyclic amines) is 1. The lowest BCUT2D eigenvalue weighted by Gasteiger charge is -2.39. The van der Waals surface area contributed by atoms with Crippen LogP contribution in [-0.4, -0.2) is 58.4 Å². The Morgan fingerprint density at radius 3 is 2.84 bits per heavy atom. The van der Waals surface area contributed by atoms with Crippen molar-refractivity contribution >= 4 is 22.2 Å². The van der Waals surface area contributed by atoms with Crippen molar-refractivity contribution in [2.24, 2.45) is 5.92 Å². The normalized spacial score (nSPS) is 22.9. The highest BCUT2D eigenvalue weighted by atomic mass is 32.1. The van der Waals surface area contributed by atoms with Gasteiger partial charge < -0.3 is 9.88 Å². The molecular formula is C24H30F2N4S. The number of para-hydroxylation sites is 1. The fraction of sp³-hybridized carbons (Fsp3) is 0.542. The summed E-state index contributed by atoms with van der Waals surface area (Å²) in [5.41, 5.74) is 3.37. The summed E-state index contributed by atoms with van der Waals surface area (Å²) in [5.74, 6) is 0.686. The smallest absolute Gasteiger partial charge is 0.251 e. The molecule has 0 aliphatic carbocycles. The minimum absolute atomic E-state index is 0.0345. The summed E-state index contributed by atoms with van der Waals surface area (Å²) in [6.07, 6.45) is 2.62. The number of aromatic nitrogens is 2. The molecule has 0 saturated carbocycles. The van der Waals surface area contributed by atoms with Gasteiger partial charge in [0.25, 0.3) is 6.43 Å². The molecule has 31 heavy (non-hydrogen) atoms. The van der Waals surface area contributed by atoms with E-state index >= 15 is 0 Å². The van der Waals surface area contributed by atoms with Gasteiger partial charge in [-0.3, -0.25) is 4.90 Å². The molecule has 0 amide bonds. The molecule has 3 aromatic rings. The van der Waals surface area contributed by atoms with Gasteiger partial charge in [0.1, 0.15) is 11.0 Å². The van der Waals surface area contributed by atoms with E-state index < -0.39 is 6.43 Å². The highest BCUT2D eigenvalue weighted by molar-refractivity contribution is 7.11. The lowest BCUT2D eigenvalue weighted by atomic mass is 9.92. The Morgan fingerprint density at radius 2 is 2.06 bits per heavy atom. The maximum Gasteiger partial charge on any atom is 0.251 e. The highest BCUT2D eigenvalue weighted by Crippen LogP contribution is 2.42. The minimum Gasteiger partial charge on any atom is -0.356 e. The minimum atomic E-state index is -2.37. The van der Waals surface area contributed by atoms with Crippen LogP contribution in [0, 0.1) is 5.92 Å². The van der Waals surface area contributed by atoms with Gasteiger partial charge in [0.05, 0.1) is 6.54 Å². The zero-order chi connectivity index (χ0) is 21.5. The van der Waals surface area contributed by atoms with E-state index in [1.807, 2.05) is 23.2 Å². The molecular weight excluding hydrogens is 414 g/mol. The predicted molar refractivity (Wildman–Crippen MR) is 122 cm³/mol. The molecule has 4 nitrogen and oxygen atoms in total. The predicted octanol–water partition coefficient (Wildman–Crippen LogP) is 5.11. The molecule has 1 N–H and O–H groups in total. The van der Waals surface area contributed by atoms with Crippen LogP contribution in [0.3, 0.4) is 0 Å². The van der Waals surface area contributed by atoms with Gasteiger partial charge in [-0.05, 0) is 50.3 Å². The van der Waals surface area contributed by atoms with Crippen LogP contribution in [0.2, 0.25) is 0 Å². The standard InChI is InChI=1S/C24H30F2N4S/c1-3-8-29-12-16(13-29)10-17-11-27-24(31-17)23-22-19(9-15(2)30(23)14-21(25)26)18-6-4-5-7-20(18)28-22/h4-7,11,15-16,21,23,28H,3,8-10,12-14H2,1-2H3/t15-,23+/m1/s1. The summed E-state index contributed by atoms with van der Waals surface area (Å²) >= 11 is 1.70. The molecule has 2 atom stereocenters. The number of halogens is 2. The van der Waals surface area contributed by atoms with Crippen LogP contribution < -0.4 is 0 Å². The Labute approximate surface area is 186 Å². The molecule has 7 heteroatoms. The number of H-pyrrole nitrogens is 1. The first-order valence-electron chi connectivity index (χ1n) is 11.3. The molecule has 2 aliphatic rings. The number of alkyl halides is 2. The zero-order valence-corrected chi connectivity index (χ0v) is 19.0. The van der Waals surface area contributed by atoms with Gasteiger partial charge in [0, 0.05) is 46.8 Å².